The highest BCUT2D eigenvalue weighted by atomic mass is 32.1. The molecule has 1 aliphatic carbocycles. The van der Waals surface area contributed by atoms with Crippen LogP contribution in [-0.4, -0.2) is 0 Å². The van der Waals surface area contributed by atoms with Crippen LogP contribution in [0.3, 0.4) is 0 Å². The summed E-state index contributed by atoms with van der Waals surface area (Å²) >= 11 is 4.64. The zero-order chi connectivity index (χ0) is 9.42. The van der Waals surface area contributed by atoms with Gasteiger partial charge in [-0.2, -0.15) is 12.6 Å². The lowest BCUT2D eigenvalue weighted by atomic mass is 9.87. The molecule has 0 fully saturated rings. The molecule has 0 saturated heterocycles. The van der Waals surface area contributed by atoms with Gasteiger partial charge in [0, 0.05) is 5.25 Å². The highest BCUT2D eigenvalue weighted by Crippen LogP contribution is 2.36. The largest absolute Gasteiger partial charge is 0.171 e. The van der Waals surface area contributed by atoms with E-state index in [9.17, 15) is 0 Å². The Morgan fingerprint density at radius 3 is 2.85 bits per heavy atom. The first-order valence-corrected chi connectivity index (χ1v) is 5.48. The third-order valence-electron chi connectivity index (χ3n) is 2.92. The van der Waals surface area contributed by atoms with Crippen LogP contribution in [0.1, 0.15) is 40.3 Å². The summed E-state index contributed by atoms with van der Waals surface area (Å²) in [6.45, 7) is 4.39. The first-order valence-electron chi connectivity index (χ1n) is 4.96. The summed E-state index contributed by atoms with van der Waals surface area (Å²) < 4.78 is 0. The molecule has 0 aromatic heterocycles. The van der Waals surface area contributed by atoms with Gasteiger partial charge in [0.05, 0.1) is 0 Å². The molecular weight excluding hydrogens is 176 g/mol. The summed E-state index contributed by atoms with van der Waals surface area (Å²) in [5, 5.41) is 0.474. The van der Waals surface area contributed by atoms with E-state index in [2.05, 4.69) is 38.6 Å². The van der Waals surface area contributed by atoms with Gasteiger partial charge in [0.2, 0.25) is 0 Å². The van der Waals surface area contributed by atoms with Gasteiger partial charge in [0.25, 0.3) is 0 Å². The van der Waals surface area contributed by atoms with Crippen molar-refractivity contribution in [3.05, 3.63) is 34.4 Å². The van der Waals surface area contributed by atoms with E-state index in [0.29, 0.717) is 5.25 Å². The Morgan fingerprint density at radius 1 is 1.31 bits per heavy atom. The van der Waals surface area contributed by atoms with Crippen LogP contribution < -0.4 is 0 Å². The third-order valence-corrected chi connectivity index (χ3v) is 3.45. The molecule has 0 N–H and O–H groups in total. The SMILES string of the molecule is Cc1cc(C)c2c(c1)C(S)CCC2. The minimum Gasteiger partial charge on any atom is -0.171 e. The molecule has 1 unspecified atom stereocenters. The van der Waals surface area contributed by atoms with Gasteiger partial charge in [0.1, 0.15) is 0 Å². The molecule has 0 bridgehead atoms. The van der Waals surface area contributed by atoms with Gasteiger partial charge in [-0.05, 0) is 49.8 Å². The Morgan fingerprint density at radius 2 is 2.08 bits per heavy atom. The zero-order valence-corrected chi connectivity index (χ0v) is 9.20. The Labute approximate surface area is 85.8 Å². The van der Waals surface area contributed by atoms with Crippen molar-refractivity contribution in [2.45, 2.75) is 38.4 Å². The van der Waals surface area contributed by atoms with Gasteiger partial charge in [-0.3, -0.25) is 0 Å². The molecule has 0 nitrogen and oxygen atoms in total. The Kier molecular flexibility index (Phi) is 2.37. The van der Waals surface area contributed by atoms with Crippen LogP contribution in [0.4, 0.5) is 0 Å². The minimum atomic E-state index is 0.474. The fourth-order valence-corrected chi connectivity index (χ4v) is 2.71. The standard InChI is InChI=1S/C12H16S/c1-8-6-9(2)10-4-3-5-12(13)11(10)7-8/h6-7,12-13H,3-5H2,1-2H3. The molecule has 70 valence electrons. The minimum absolute atomic E-state index is 0.474. The van der Waals surface area contributed by atoms with Gasteiger partial charge in [-0.15, -0.1) is 0 Å². The summed E-state index contributed by atoms with van der Waals surface area (Å²) in [6.07, 6.45) is 3.78. The predicted octanol–water partition coefficient (Wildman–Crippen LogP) is 3.61. The van der Waals surface area contributed by atoms with Crippen molar-refractivity contribution >= 4 is 12.6 Å². The van der Waals surface area contributed by atoms with Crippen molar-refractivity contribution in [2.24, 2.45) is 0 Å². The van der Waals surface area contributed by atoms with Gasteiger partial charge in [0.15, 0.2) is 0 Å². The van der Waals surface area contributed by atoms with Crippen LogP contribution >= 0.6 is 12.6 Å². The van der Waals surface area contributed by atoms with E-state index in [4.69, 9.17) is 0 Å². The second kappa shape index (κ2) is 3.38. The van der Waals surface area contributed by atoms with E-state index in [0.717, 1.165) is 0 Å². The lowest BCUT2D eigenvalue weighted by molar-refractivity contribution is 0.672. The van der Waals surface area contributed by atoms with Gasteiger partial charge < -0.3 is 0 Å². The van der Waals surface area contributed by atoms with Crippen molar-refractivity contribution in [3.63, 3.8) is 0 Å². The third kappa shape index (κ3) is 1.62. The number of hydrogen-bond donors (Lipinski definition) is 1. The maximum absolute atomic E-state index is 4.64. The summed E-state index contributed by atoms with van der Waals surface area (Å²) in [7, 11) is 0. The second-order valence-electron chi connectivity index (χ2n) is 4.06. The van der Waals surface area contributed by atoms with Crippen LogP contribution in [0, 0.1) is 13.8 Å². The lowest BCUT2D eigenvalue weighted by Gasteiger charge is -2.23. The van der Waals surface area contributed by atoms with Crippen LogP contribution in [-0.2, 0) is 6.42 Å². The highest BCUT2D eigenvalue weighted by molar-refractivity contribution is 7.80. The predicted molar refractivity (Wildman–Crippen MR) is 60.6 cm³/mol. The molecule has 0 radical (unpaired) electrons. The molecule has 0 aliphatic heterocycles. The van der Waals surface area contributed by atoms with E-state index < -0.39 is 0 Å². The summed E-state index contributed by atoms with van der Waals surface area (Å²) in [6, 6.07) is 4.59. The number of aryl methyl sites for hydroxylation is 2. The molecular formula is C12H16S. The molecule has 1 aliphatic rings. The summed E-state index contributed by atoms with van der Waals surface area (Å²) in [5.41, 5.74) is 5.86. The van der Waals surface area contributed by atoms with Crippen molar-refractivity contribution in [1.29, 1.82) is 0 Å². The molecule has 1 atom stereocenters. The normalized spacial score (nSPS) is 21.3. The number of hydrogen-bond acceptors (Lipinski definition) is 1. The Hall–Kier alpha value is -0.430. The molecule has 0 amide bonds. The van der Waals surface area contributed by atoms with Crippen molar-refractivity contribution in [1.82, 2.24) is 0 Å². The number of benzene rings is 1. The first-order chi connectivity index (χ1) is 6.18. The van der Waals surface area contributed by atoms with Crippen LogP contribution in [0.25, 0.3) is 0 Å². The molecule has 0 spiro atoms. The molecule has 2 rings (SSSR count). The first kappa shape index (κ1) is 9.14. The average molecular weight is 192 g/mol. The highest BCUT2D eigenvalue weighted by Gasteiger charge is 2.18. The molecule has 0 heterocycles. The van der Waals surface area contributed by atoms with Gasteiger partial charge in [-0.25, -0.2) is 0 Å². The van der Waals surface area contributed by atoms with E-state index in [-0.39, 0.29) is 0 Å². The monoisotopic (exact) mass is 192 g/mol. The number of rotatable bonds is 0. The second-order valence-corrected chi connectivity index (χ2v) is 4.68. The van der Waals surface area contributed by atoms with Crippen molar-refractivity contribution in [2.75, 3.05) is 0 Å². The zero-order valence-electron chi connectivity index (χ0n) is 8.30. The topological polar surface area (TPSA) is 0 Å². The molecule has 1 heteroatoms. The summed E-state index contributed by atoms with van der Waals surface area (Å²) in [5.74, 6) is 0. The smallest absolute Gasteiger partial charge is 0.0270 e. The number of thiol groups is 1. The Bertz CT molecular complexity index is 328. The van der Waals surface area contributed by atoms with Crippen molar-refractivity contribution in [3.8, 4) is 0 Å². The van der Waals surface area contributed by atoms with Crippen LogP contribution in [0.2, 0.25) is 0 Å². The van der Waals surface area contributed by atoms with E-state index in [1.54, 1.807) is 5.56 Å². The maximum atomic E-state index is 4.64. The van der Waals surface area contributed by atoms with Gasteiger partial charge in [-0.1, -0.05) is 17.7 Å². The van der Waals surface area contributed by atoms with Gasteiger partial charge >= 0.3 is 0 Å². The van der Waals surface area contributed by atoms with Crippen LogP contribution in [0.15, 0.2) is 12.1 Å². The quantitative estimate of drug-likeness (QED) is 0.596. The van der Waals surface area contributed by atoms with E-state index in [1.807, 2.05) is 0 Å². The average Bonchev–Trinajstić information content (AvgIpc) is 2.07. The van der Waals surface area contributed by atoms with E-state index >= 15 is 0 Å². The fraction of sp³-hybridized carbons (Fsp3) is 0.500. The maximum Gasteiger partial charge on any atom is 0.0270 e. The van der Waals surface area contributed by atoms with Crippen molar-refractivity contribution < 1.29 is 0 Å². The fourth-order valence-electron chi connectivity index (χ4n) is 2.30. The lowest BCUT2D eigenvalue weighted by Crippen LogP contribution is -2.07. The molecule has 0 saturated carbocycles. The summed E-state index contributed by atoms with van der Waals surface area (Å²) in [4.78, 5) is 0. The number of fused-ring (bicyclic) bond motifs is 1. The van der Waals surface area contributed by atoms with E-state index in [1.165, 1.54) is 36.0 Å². The molecule has 1 aromatic rings. The van der Waals surface area contributed by atoms with Crippen LogP contribution in [0.5, 0.6) is 0 Å². The molecule has 1 aromatic carbocycles. The molecule has 13 heavy (non-hydrogen) atoms. The Balaban J connectivity index is 2.56.